The molecule has 0 radical (unpaired) electrons. The van der Waals surface area contributed by atoms with Gasteiger partial charge in [-0.15, -0.1) is 12.4 Å². The average molecular weight is 467 g/mol. The van der Waals surface area contributed by atoms with Crippen molar-refractivity contribution in [1.82, 2.24) is 4.90 Å². The highest BCUT2D eigenvalue weighted by Crippen LogP contribution is 2.54. The lowest BCUT2D eigenvalue weighted by molar-refractivity contribution is 0.0968. The van der Waals surface area contributed by atoms with E-state index in [1.165, 1.54) is 56.3 Å². The second-order valence-electron chi connectivity index (χ2n) is 11.4. The maximum atomic E-state index is 5.73. The summed E-state index contributed by atoms with van der Waals surface area (Å²) < 4.78 is 11.5. The highest BCUT2D eigenvalue weighted by molar-refractivity contribution is 5.85. The van der Waals surface area contributed by atoms with Crippen LogP contribution in [0.3, 0.4) is 0 Å². The van der Waals surface area contributed by atoms with E-state index in [4.69, 9.17) is 9.47 Å². The van der Waals surface area contributed by atoms with Gasteiger partial charge in [0.25, 0.3) is 0 Å². The van der Waals surface area contributed by atoms with Gasteiger partial charge in [0, 0.05) is 37.9 Å². The first kappa shape index (κ1) is 27.1. The third-order valence-electron chi connectivity index (χ3n) is 7.32. The predicted octanol–water partition coefficient (Wildman–Crippen LogP) is 6.76. The normalized spacial score (nSPS) is 21.2. The highest BCUT2D eigenvalue weighted by atomic mass is 35.5. The van der Waals surface area contributed by atoms with Crippen molar-refractivity contribution in [3.8, 4) is 11.5 Å². The van der Waals surface area contributed by atoms with Gasteiger partial charge >= 0.3 is 0 Å². The first-order chi connectivity index (χ1) is 14.7. The molecule has 2 aliphatic rings. The number of methoxy groups -OCH3 is 2. The molecule has 0 unspecified atom stereocenters. The second kappa shape index (κ2) is 11.3. The molecule has 2 fully saturated rings. The largest absolute Gasteiger partial charge is 0.493 e. The van der Waals surface area contributed by atoms with E-state index in [-0.39, 0.29) is 12.4 Å². The Bertz CT molecular complexity index is 711. The average Bonchev–Trinajstić information content (AvgIpc) is 2.71. The molecule has 5 heteroatoms. The van der Waals surface area contributed by atoms with Crippen LogP contribution >= 0.6 is 12.4 Å². The summed E-state index contributed by atoms with van der Waals surface area (Å²) >= 11 is 0. The van der Waals surface area contributed by atoms with Crippen molar-refractivity contribution in [3.05, 3.63) is 17.7 Å². The van der Waals surface area contributed by atoms with Crippen LogP contribution in [0.4, 0.5) is 5.69 Å². The first-order valence-electron chi connectivity index (χ1n) is 12.4. The molecule has 0 spiro atoms. The lowest BCUT2D eigenvalue weighted by Gasteiger charge is -2.46. The van der Waals surface area contributed by atoms with Gasteiger partial charge in [-0.25, -0.2) is 0 Å². The molecule has 0 atom stereocenters. The fourth-order valence-corrected chi connectivity index (χ4v) is 6.35. The number of hydrogen-bond acceptors (Lipinski definition) is 4. The Morgan fingerprint density at radius 2 is 1.44 bits per heavy atom. The molecule has 4 nitrogen and oxygen atoms in total. The Morgan fingerprint density at radius 3 is 1.97 bits per heavy atom. The molecule has 1 aromatic rings. The molecule has 184 valence electrons. The van der Waals surface area contributed by atoms with Gasteiger partial charge in [-0.3, -0.25) is 4.90 Å². The smallest absolute Gasteiger partial charge is 0.162 e. The monoisotopic (exact) mass is 466 g/mol. The van der Waals surface area contributed by atoms with Gasteiger partial charge < -0.3 is 14.4 Å². The molecule has 1 aromatic carbocycles. The van der Waals surface area contributed by atoms with Gasteiger partial charge in [0.2, 0.25) is 0 Å². The molecule has 0 aromatic heterocycles. The minimum Gasteiger partial charge on any atom is -0.493 e. The van der Waals surface area contributed by atoms with Gasteiger partial charge in [-0.1, -0.05) is 47.5 Å². The number of benzene rings is 1. The number of rotatable bonds is 8. The van der Waals surface area contributed by atoms with E-state index in [0.717, 1.165) is 37.7 Å². The minimum absolute atomic E-state index is 0. The summed E-state index contributed by atoms with van der Waals surface area (Å²) in [7, 11) is 3.50. The molecule has 1 heterocycles. The number of hydrogen-bond donors (Lipinski definition) is 0. The molecule has 0 N–H and O–H groups in total. The zero-order valence-corrected chi connectivity index (χ0v) is 22.4. The van der Waals surface area contributed by atoms with Crippen molar-refractivity contribution in [2.24, 2.45) is 10.8 Å². The lowest BCUT2D eigenvalue weighted by atomic mass is 9.60. The molecule has 0 bridgehead atoms. The summed E-state index contributed by atoms with van der Waals surface area (Å²) in [5.74, 6) is 2.26. The third kappa shape index (κ3) is 6.70. The summed E-state index contributed by atoms with van der Waals surface area (Å²) in [5, 5.41) is 0. The van der Waals surface area contributed by atoms with Crippen molar-refractivity contribution in [1.29, 1.82) is 0 Å². The Morgan fingerprint density at radius 1 is 0.875 bits per heavy atom. The van der Waals surface area contributed by atoms with Crippen molar-refractivity contribution < 1.29 is 9.47 Å². The molecule has 1 saturated heterocycles. The van der Waals surface area contributed by atoms with Crippen LogP contribution in [0.25, 0.3) is 0 Å². The molecule has 0 amide bonds. The SMILES string of the molecule is CCCCCN1CCN(c2cc(OC)c(OC)cc2C2CC(C)(C)CC(C)(C)C2)CC1.Cl. The summed E-state index contributed by atoms with van der Waals surface area (Å²) in [6.07, 6.45) is 7.71. The van der Waals surface area contributed by atoms with Gasteiger partial charge in [-0.05, 0) is 60.6 Å². The fourth-order valence-electron chi connectivity index (χ4n) is 6.35. The van der Waals surface area contributed by atoms with Crippen LogP contribution in [0.1, 0.15) is 84.6 Å². The van der Waals surface area contributed by atoms with E-state index in [9.17, 15) is 0 Å². The predicted molar refractivity (Wildman–Crippen MR) is 139 cm³/mol. The van der Waals surface area contributed by atoms with Crippen molar-refractivity contribution in [2.75, 3.05) is 51.8 Å². The summed E-state index contributed by atoms with van der Waals surface area (Å²) in [4.78, 5) is 5.24. The summed E-state index contributed by atoms with van der Waals surface area (Å²) in [5.41, 5.74) is 3.53. The third-order valence-corrected chi connectivity index (χ3v) is 7.32. The first-order valence-corrected chi connectivity index (χ1v) is 12.4. The molecular weight excluding hydrogens is 420 g/mol. The zero-order chi connectivity index (χ0) is 22.6. The Kier molecular flexibility index (Phi) is 9.60. The van der Waals surface area contributed by atoms with Crippen molar-refractivity contribution in [2.45, 2.75) is 79.1 Å². The van der Waals surface area contributed by atoms with E-state index < -0.39 is 0 Å². The van der Waals surface area contributed by atoms with Crippen molar-refractivity contribution >= 4 is 18.1 Å². The topological polar surface area (TPSA) is 24.9 Å². The van der Waals surface area contributed by atoms with Crippen LogP contribution in [0.15, 0.2) is 12.1 Å². The molecular formula is C27H47ClN2O2. The van der Waals surface area contributed by atoms with E-state index in [2.05, 4.69) is 56.6 Å². The molecule has 32 heavy (non-hydrogen) atoms. The number of anilines is 1. The number of ether oxygens (including phenoxy) is 2. The summed E-state index contributed by atoms with van der Waals surface area (Å²) in [6.45, 7) is 17.8. The Balaban J connectivity index is 0.00000363. The Hall–Kier alpha value is -1.13. The maximum absolute atomic E-state index is 5.73. The van der Waals surface area contributed by atoms with Gasteiger partial charge in [0.05, 0.1) is 14.2 Å². The molecule has 3 rings (SSSR count). The fraction of sp³-hybridized carbons (Fsp3) is 0.778. The van der Waals surface area contributed by atoms with Gasteiger partial charge in [0.1, 0.15) is 0 Å². The minimum atomic E-state index is 0. The summed E-state index contributed by atoms with van der Waals surface area (Å²) in [6, 6.07) is 4.53. The Labute approximate surface area is 203 Å². The second-order valence-corrected chi connectivity index (χ2v) is 11.4. The van der Waals surface area contributed by atoms with Crippen LogP contribution in [-0.4, -0.2) is 51.8 Å². The van der Waals surface area contributed by atoms with Crippen LogP contribution in [0.2, 0.25) is 0 Å². The number of nitrogens with zero attached hydrogens (tertiary/aromatic N) is 2. The van der Waals surface area contributed by atoms with Gasteiger partial charge in [0.15, 0.2) is 11.5 Å². The number of unbranched alkanes of at least 4 members (excludes halogenated alkanes) is 2. The zero-order valence-electron chi connectivity index (χ0n) is 21.6. The van der Waals surface area contributed by atoms with Crippen molar-refractivity contribution in [3.63, 3.8) is 0 Å². The van der Waals surface area contributed by atoms with E-state index in [1.54, 1.807) is 14.2 Å². The standard InChI is InChI=1S/C27H46N2O2.ClH/c1-8-9-10-11-28-12-14-29(15-13-28)23-17-25(31-7)24(30-6)16-22(23)21-18-26(2,3)20-27(4,5)19-21;/h16-17,21H,8-15,18-20H2,1-7H3;1H. The van der Waals surface area contributed by atoms with E-state index in [1.807, 2.05) is 0 Å². The van der Waals surface area contributed by atoms with Gasteiger partial charge in [-0.2, -0.15) is 0 Å². The molecule has 1 aliphatic heterocycles. The number of piperazine rings is 1. The maximum Gasteiger partial charge on any atom is 0.162 e. The van der Waals surface area contributed by atoms with Crippen LogP contribution < -0.4 is 14.4 Å². The van der Waals surface area contributed by atoms with E-state index >= 15 is 0 Å². The molecule has 1 aliphatic carbocycles. The van der Waals surface area contributed by atoms with Crippen LogP contribution in [0.5, 0.6) is 11.5 Å². The highest BCUT2D eigenvalue weighted by Gasteiger charge is 2.40. The lowest BCUT2D eigenvalue weighted by Crippen LogP contribution is -2.47. The van der Waals surface area contributed by atoms with Crippen LogP contribution in [0, 0.1) is 10.8 Å². The van der Waals surface area contributed by atoms with Crippen LogP contribution in [-0.2, 0) is 0 Å². The molecule has 1 saturated carbocycles. The van der Waals surface area contributed by atoms with E-state index in [0.29, 0.717) is 16.7 Å². The number of halogens is 1. The quantitative estimate of drug-likeness (QED) is 0.395.